The zero-order valence-corrected chi connectivity index (χ0v) is 16.0. The first-order chi connectivity index (χ1) is 12.9. The molecule has 0 aromatic heterocycles. The first-order valence-corrected chi connectivity index (χ1v) is 8.22. The van der Waals surface area contributed by atoms with Gasteiger partial charge in [-0.25, -0.2) is 8.78 Å². The molecule has 0 bridgehead atoms. The van der Waals surface area contributed by atoms with Gasteiger partial charge in [0.25, 0.3) is 11.8 Å². The average Bonchev–Trinajstić information content (AvgIpc) is 2.70. The molecule has 2 aromatic carbocycles. The molecule has 28 heavy (non-hydrogen) atoms. The van der Waals surface area contributed by atoms with E-state index in [0.29, 0.717) is 16.9 Å². The Labute approximate surface area is 167 Å². The van der Waals surface area contributed by atoms with Crippen molar-refractivity contribution in [2.75, 3.05) is 20.2 Å². The van der Waals surface area contributed by atoms with Gasteiger partial charge in [0.2, 0.25) is 5.91 Å². The molecule has 0 heterocycles. The van der Waals surface area contributed by atoms with Crippen LogP contribution < -0.4 is 21.1 Å². The maximum Gasteiger partial charge on any atom is 0.277 e. The molecule has 1 atom stereocenters. The van der Waals surface area contributed by atoms with Crippen LogP contribution in [0.3, 0.4) is 0 Å². The molecule has 6 nitrogen and oxygen atoms in total. The Kier molecular flexibility index (Phi) is 8.81. The van der Waals surface area contributed by atoms with E-state index in [4.69, 9.17) is 10.5 Å². The van der Waals surface area contributed by atoms with Gasteiger partial charge in [0, 0.05) is 5.56 Å². The summed E-state index contributed by atoms with van der Waals surface area (Å²) in [6.45, 7) is -1.80. The second-order valence-electron chi connectivity index (χ2n) is 5.82. The summed E-state index contributed by atoms with van der Waals surface area (Å²) in [5.41, 5.74) is 5.75. The molecule has 0 aliphatic heterocycles. The van der Waals surface area contributed by atoms with E-state index < -0.39 is 36.9 Å². The van der Waals surface area contributed by atoms with Crippen molar-refractivity contribution in [1.29, 1.82) is 0 Å². The number of hydrogen-bond acceptors (Lipinski definition) is 4. The summed E-state index contributed by atoms with van der Waals surface area (Å²) in [5.74, 6) is -3.92. The molecular weight excluding hydrogens is 392 g/mol. The van der Waals surface area contributed by atoms with Crippen LogP contribution in [-0.2, 0) is 4.79 Å². The molecule has 0 saturated heterocycles. The van der Waals surface area contributed by atoms with Crippen LogP contribution in [0.25, 0.3) is 0 Å². The summed E-state index contributed by atoms with van der Waals surface area (Å²) in [6.07, 6.45) is 0. The van der Waals surface area contributed by atoms with E-state index in [0.717, 1.165) is 0 Å². The van der Waals surface area contributed by atoms with E-state index in [2.05, 4.69) is 10.6 Å². The smallest absolute Gasteiger partial charge is 0.277 e. The van der Waals surface area contributed by atoms with Crippen molar-refractivity contribution in [2.24, 2.45) is 5.73 Å². The van der Waals surface area contributed by atoms with Crippen molar-refractivity contribution >= 4 is 24.2 Å². The predicted octanol–water partition coefficient (Wildman–Crippen LogP) is 2.30. The van der Waals surface area contributed by atoms with Gasteiger partial charge in [-0.1, -0.05) is 30.3 Å². The number of carbonyl (C=O) groups is 2. The Morgan fingerprint density at radius 1 is 1.11 bits per heavy atom. The van der Waals surface area contributed by atoms with Crippen LogP contribution in [0.4, 0.5) is 8.78 Å². The number of hydrogen-bond donors (Lipinski definition) is 3. The van der Waals surface area contributed by atoms with Crippen LogP contribution in [-0.4, -0.2) is 37.9 Å². The Balaban J connectivity index is 0.00000392. The number of rotatable bonds is 8. The Morgan fingerprint density at radius 3 is 2.25 bits per heavy atom. The lowest BCUT2D eigenvalue weighted by atomic mass is 10.1. The minimum atomic E-state index is -3.23. The molecule has 2 amide bonds. The van der Waals surface area contributed by atoms with Crippen molar-refractivity contribution in [2.45, 2.75) is 12.0 Å². The van der Waals surface area contributed by atoms with Gasteiger partial charge in [-0.3, -0.25) is 9.59 Å². The molecule has 0 saturated carbocycles. The highest BCUT2D eigenvalue weighted by Crippen LogP contribution is 2.17. The highest BCUT2D eigenvalue weighted by atomic mass is 35.5. The lowest BCUT2D eigenvalue weighted by molar-refractivity contribution is -0.124. The molecule has 2 aromatic rings. The van der Waals surface area contributed by atoms with Gasteiger partial charge in [0.05, 0.1) is 20.2 Å². The Hall–Kier alpha value is -2.71. The Bertz CT molecular complexity index is 774. The van der Waals surface area contributed by atoms with E-state index in [-0.39, 0.29) is 12.4 Å². The summed E-state index contributed by atoms with van der Waals surface area (Å²) >= 11 is 0. The highest BCUT2D eigenvalue weighted by Gasteiger charge is 2.30. The highest BCUT2D eigenvalue weighted by molar-refractivity contribution is 5.98. The standard InChI is InChI=1S/C19H21F2N3O3.ClH/c1-27-15-9-7-14(8-10-15)17(25)24-16(13-5-3-2-4-6-13)18(26)23-12-19(20,21)11-22;/h2-10,16H,11-12,22H2,1H3,(H,23,26)(H,24,25);1H. The second kappa shape index (κ2) is 10.6. The zero-order valence-electron chi connectivity index (χ0n) is 15.2. The fraction of sp³-hybridized carbons (Fsp3) is 0.263. The maximum absolute atomic E-state index is 13.3. The first-order valence-electron chi connectivity index (χ1n) is 8.22. The summed E-state index contributed by atoms with van der Waals surface area (Å²) in [4.78, 5) is 24.9. The monoisotopic (exact) mass is 413 g/mol. The number of nitrogens with two attached hydrogens (primary N) is 1. The summed E-state index contributed by atoms with van der Waals surface area (Å²) < 4.78 is 31.7. The number of methoxy groups -OCH3 is 1. The predicted molar refractivity (Wildman–Crippen MR) is 104 cm³/mol. The quantitative estimate of drug-likeness (QED) is 0.619. The fourth-order valence-electron chi connectivity index (χ4n) is 2.29. The zero-order chi connectivity index (χ0) is 19.9. The molecule has 1 unspecified atom stereocenters. The topological polar surface area (TPSA) is 93.4 Å². The summed E-state index contributed by atoms with van der Waals surface area (Å²) in [5, 5.41) is 4.72. The van der Waals surface area contributed by atoms with Gasteiger partial charge in [-0.15, -0.1) is 12.4 Å². The number of ether oxygens (including phenoxy) is 1. The number of halogens is 3. The number of carbonyl (C=O) groups excluding carboxylic acids is 2. The molecule has 4 N–H and O–H groups in total. The molecule has 152 valence electrons. The summed E-state index contributed by atoms with van der Waals surface area (Å²) in [6, 6.07) is 13.5. The molecule has 0 fully saturated rings. The van der Waals surface area contributed by atoms with Crippen molar-refractivity contribution < 1.29 is 23.1 Å². The minimum Gasteiger partial charge on any atom is -0.497 e. The van der Waals surface area contributed by atoms with Crippen LogP contribution in [0.5, 0.6) is 5.75 Å². The van der Waals surface area contributed by atoms with Gasteiger partial charge in [-0.05, 0) is 29.8 Å². The molecule has 0 aliphatic rings. The van der Waals surface area contributed by atoms with E-state index in [1.807, 2.05) is 0 Å². The second-order valence-corrected chi connectivity index (χ2v) is 5.82. The van der Waals surface area contributed by atoms with E-state index in [1.165, 1.54) is 19.2 Å². The molecule has 9 heteroatoms. The third kappa shape index (κ3) is 6.47. The number of amides is 2. The van der Waals surface area contributed by atoms with Crippen LogP contribution in [0, 0.1) is 0 Å². The molecule has 0 aliphatic carbocycles. The molecule has 0 radical (unpaired) electrons. The number of benzene rings is 2. The fourth-order valence-corrected chi connectivity index (χ4v) is 2.29. The molecular formula is C19H22ClF2N3O3. The SMILES string of the molecule is COc1ccc(C(=O)NC(C(=O)NCC(F)(F)CN)c2ccccc2)cc1.Cl. The minimum absolute atomic E-state index is 0. The first kappa shape index (κ1) is 23.3. The third-order valence-electron chi connectivity index (χ3n) is 3.84. The lowest BCUT2D eigenvalue weighted by Crippen LogP contribution is -2.46. The van der Waals surface area contributed by atoms with Crippen molar-refractivity contribution in [3.63, 3.8) is 0 Å². The van der Waals surface area contributed by atoms with Crippen molar-refractivity contribution in [3.8, 4) is 5.75 Å². The Morgan fingerprint density at radius 2 is 1.71 bits per heavy atom. The van der Waals surface area contributed by atoms with Crippen molar-refractivity contribution in [3.05, 3.63) is 65.7 Å². The number of alkyl halides is 2. The average molecular weight is 414 g/mol. The van der Waals surface area contributed by atoms with Crippen LogP contribution in [0.15, 0.2) is 54.6 Å². The normalized spacial score (nSPS) is 11.7. The van der Waals surface area contributed by atoms with Gasteiger partial charge in [0.1, 0.15) is 11.8 Å². The third-order valence-corrected chi connectivity index (χ3v) is 3.84. The lowest BCUT2D eigenvalue weighted by Gasteiger charge is -2.21. The molecule has 2 rings (SSSR count). The van der Waals surface area contributed by atoms with Gasteiger partial charge in [0.15, 0.2) is 0 Å². The maximum atomic E-state index is 13.3. The van der Waals surface area contributed by atoms with Crippen molar-refractivity contribution in [1.82, 2.24) is 10.6 Å². The van der Waals surface area contributed by atoms with Crippen LogP contribution in [0.2, 0.25) is 0 Å². The summed E-state index contributed by atoms with van der Waals surface area (Å²) in [7, 11) is 1.50. The molecule has 0 spiro atoms. The van der Waals surface area contributed by atoms with E-state index in [9.17, 15) is 18.4 Å². The largest absolute Gasteiger partial charge is 0.497 e. The van der Waals surface area contributed by atoms with Gasteiger partial charge < -0.3 is 21.1 Å². The van der Waals surface area contributed by atoms with Crippen LogP contribution in [0.1, 0.15) is 22.0 Å². The van der Waals surface area contributed by atoms with E-state index in [1.54, 1.807) is 42.5 Å². The number of nitrogens with one attached hydrogen (secondary N) is 2. The van der Waals surface area contributed by atoms with Gasteiger partial charge in [-0.2, -0.15) is 0 Å². The van der Waals surface area contributed by atoms with Crippen LogP contribution >= 0.6 is 12.4 Å². The van der Waals surface area contributed by atoms with E-state index >= 15 is 0 Å². The van der Waals surface area contributed by atoms with Gasteiger partial charge >= 0.3 is 0 Å².